The minimum absolute atomic E-state index is 0.00117. The van der Waals surface area contributed by atoms with Crippen LogP contribution in [0.1, 0.15) is 27.2 Å². The second-order valence-electron chi connectivity index (χ2n) is 4.93. The summed E-state index contributed by atoms with van der Waals surface area (Å²) in [5, 5.41) is 1.19. The second-order valence-corrected chi connectivity index (χ2v) is 4.93. The molecular formula is C10H19N3O3. The van der Waals surface area contributed by atoms with Gasteiger partial charge in [0.05, 0.1) is 6.54 Å². The van der Waals surface area contributed by atoms with Crippen LogP contribution in [-0.2, 0) is 9.53 Å². The Balaban J connectivity index is 2.59. The lowest BCUT2D eigenvalue weighted by Crippen LogP contribution is -2.55. The average Bonchev–Trinajstić information content (AvgIpc) is 2.14. The summed E-state index contributed by atoms with van der Waals surface area (Å²) in [6.07, 6.45) is -0.186. The van der Waals surface area contributed by atoms with Gasteiger partial charge in [0.25, 0.3) is 0 Å². The summed E-state index contributed by atoms with van der Waals surface area (Å²) in [4.78, 5) is 23.0. The van der Waals surface area contributed by atoms with Crippen molar-refractivity contribution >= 4 is 12.0 Å². The highest BCUT2D eigenvalue weighted by atomic mass is 16.6. The summed E-state index contributed by atoms with van der Waals surface area (Å²) < 4.78 is 5.15. The second kappa shape index (κ2) is 4.69. The SMILES string of the molecule is CC(C)(C)OC(=O)N1CC(CN)CC(=O)N1. The van der Waals surface area contributed by atoms with Crippen LogP contribution in [0.15, 0.2) is 0 Å². The smallest absolute Gasteiger partial charge is 0.429 e. The zero-order valence-electron chi connectivity index (χ0n) is 9.95. The zero-order chi connectivity index (χ0) is 12.3. The molecule has 3 N–H and O–H groups in total. The van der Waals surface area contributed by atoms with Crippen LogP contribution in [0.2, 0.25) is 0 Å². The summed E-state index contributed by atoms with van der Waals surface area (Å²) in [6, 6.07) is 0. The van der Waals surface area contributed by atoms with Gasteiger partial charge in [-0.05, 0) is 33.2 Å². The molecule has 1 aliphatic rings. The lowest BCUT2D eigenvalue weighted by molar-refractivity contribution is -0.130. The van der Waals surface area contributed by atoms with Crippen LogP contribution in [0, 0.1) is 5.92 Å². The van der Waals surface area contributed by atoms with Gasteiger partial charge in [0.1, 0.15) is 5.60 Å². The van der Waals surface area contributed by atoms with Crippen molar-refractivity contribution in [1.82, 2.24) is 10.4 Å². The molecule has 1 aliphatic heterocycles. The number of hydrazine groups is 1. The molecule has 1 rings (SSSR count). The Kier molecular flexibility index (Phi) is 3.74. The molecule has 1 atom stereocenters. The van der Waals surface area contributed by atoms with E-state index in [0.29, 0.717) is 19.5 Å². The Labute approximate surface area is 95.1 Å². The van der Waals surface area contributed by atoms with E-state index in [4.69, 9.17) is 10.5 Å². The van der Waals surface area contributed by atoms with Gasteiger partial charge in [-0.3, -0.25) is 10.2 Å². The maximum Gasteiger partial charge on any atom is 0.429 e. The molecular weight excluding hydrogens is 210 g/mol. The number of ether oxygens (including phenoxy) is 1. The van der Waals surface area contributed by atoms with E-state index in [1.165, 1.54) is 5.01 Å². The zero-order valence-corrected chi connectivity index (χ0v) is 9.95. The first kappa shape index (κ1) is 12.8. The van der Waals surface area contributed by atoms with Crippen LogP contribution in [0.3, 0.4) is 0 Å². The summed E-state index contributed by atoms with van der Waals surface area (Å²) >= 11 is 0. The predicted octanol–water partition coefficient (Wildman–Crippen LogP) is 0.233. The Hall–Kier alpha value is -1.30. The highest BCUT2D eigenvalue weighted by Crippen LogP contribution is 2.14. The third kappa shape index (κ3) is 3.69. The lowest BCUT2D eigenvalue weighted by atomic mass is 10.0. The van der Waals surface area contributed by atoms with Crippen molar-refractivity contribution in [3.63, 3.8) is 0 Å². The maximum atomic E-state index is 11.7. The predicted molar refractivity (Wildman–Crippen MR) is 58.2 cm³/mol. The Morgan fingerprint density at radius 1 is 1.62 bits per heavy atom. The Bertz CT molecular complexity index is 286. The number of nitrogens with one attached hydrogen (secondary N) is 1. The molecule has 16 heavy (non-hydrogen) atoms. The molecule has 0 bridgehead atoms. The van der Waals surface area contributed by atoms with Gasteiger partial charge < -0.3 is 10.5 Å². The quantitative estimate of drug-likeness (QED) is 0.674. The van der Waals surface area contributed by atoms with Gasteiger partial charge in [-0.25, -0.2) is 9.80 Å². The summed E-state index contributed by atoms with van der Waals surface area (Å²) in [5.41, 5.74) is 7.39. The topological polar surface area (TPSA) is 84.7 Å². The fraction of sp³-hybridized carbons (Fsp3) is 0.800. The molecule has 6 heteroatoms. The molecule has 1 fully saturated rings. The van der Waals surface area contributed by atoms with E-state index in [1.807, 2.05) is 0 Å². The fourth-order valence-corrected chi connectivity index (χ4v) is 1.42. The molecule has 0 aromatic rings. The largest absolute Gasteiger partial charge is 0.442 e. The van der Waals surface area contributed by atoms with Crippen molar-refractivity contribution in [2.24, 2.45) is 11.7 Å². The van der Waals surface area contributed by atoms with Gasteiger partial charge in [0.15, 0.2) is 0 Å². The van der Waals surface area contributed by atoms with Gasteiger partial charge in [0, 0.05) is 6.42 Å². The van der Waals surface area contributed by atoms with Crippen molar-refractivity contribution in [1.29, 1.82) is 0 Å². The molecule has 1 heterocycles. The molecule has 0 aromatic carbocycles. The van der Waals surface area contributed by atoms with Crippen LogP contribution in [0.5, 0.6) is 0 Å². The molecule has 0 radical (unpaired) electrons. The number of rotatable bonds is 1. The third-order valence-electron chi connectivity index (χ3n) is 2.12. The number of hydrogen-bond donors (Lipinski definition) is 2. The summed E-state index contributed by atoms with van der Waals surface area (Å²) in [5.74, 6) is -0.200. The molecule has 1 unspecified atom stereocenters. The fourth-order valence-electron chi connectivity index (χ4n) is 1.42. The van der Waals surface area contributed by atoms with E-state index in [1.54, 1.807) is 20.8 Å². The van der Waals surface area contributed by atoms with Crippen molar-refractivity contribution in [3.8, 4) is 0 Å². The van der Waals surface area contributed by atoms with Gasteiger partial charge in [-0.2, -0.15) is 0 Å². The first-order valence-electron chi connectivity index (χ1n) is 5.32. The van der Waals surface area contributed by atoms with E-state index in [-0.39, 0.29) is 11.8 Å². The molecule has 0 aliphatic carbocycles. The van der Waals surface area contributed by atoms with Crippen molar-refractivity contribution in [3.05, 3.63) is 0 Å². The first-order chi connectivity index (χ1) is 7.31. The lowest BCUT2D eigenvalue weighted by Gasteiger charge is -2.33. The Morgan fingerprint density at radius 2 is 2.25 bits per heavy atom. The molecule has 2 amide bonds. The monoisotopic (exact) mass is 229 g/mol. The van der Waals surface area contributed by atoms with Gasteiger partial charge >= 0.3 is 6.09 Å². The normalized spacial score (nSPS) is 21.6. The highest BCUT2D eigenvalue weighted by molar-refractivity contribution is 5.80. The average molecular weight is 229 g/mol. The minimum atomic E-state index is -0.572. The number of hydrogen-bond acceptors (Lipinski definition) is 4. The Morgan fingerprint density at radius 3 is 2.75 bits per heavy atom. The van der Waals surface area contributed by atoms with Crippen LogP contribution < -0.4 is 11.2 Å². The minimum Gasteiger partial charge on any atom is -0.442 e. The van der Waals surface area contributed by atoms with E-state index in [0.717, 1.165) is 0 Å². The first-order valence-corrected chi connectivity index (χ1v) is 5.32. The number of carbonyl (C=O) groups is 2. The maximum absolute atomic E-state index is 11.7. The van der Waals surface area contributed by atoms with Crippen LogP contribution in [-0.4, -0.2) is 35.7 Å². The molecule has 92 valence electrons. The van der Waals surface area contributed by atoms with E-state index in [9.17, 15) is 9.59 Å². The number of carbonyl (C=O) groups excluding carboxylic acids is 2. The molecule has 0 spiro atoms. The molecule has 0 aromatic heterocycles. The van der Waals surface area contributed by atoms with E-state index >= 15 is 0 Å². The molecule has 6 nitrogen and oxygen atoms in total. The summed E-state index contributed by atoms with van der Waals surface area (Å²) in [6.45, 7) is 6.11. The van der Waals surface area contributed by atoms with E-state index < -0.39 is 11.7 Å². The van der Waals surface area contributed by atoms with Crippen molar-refractivity contribution < 1.29 is 14.3 Å². The van der Waals surface area contributed by atoms with Crippen LogP contribution in [0.4, 0.5) is 4.79 Å². The van der Waals surface area contributed by atoms with Crippen LogP contribution in [0.25, 0.3) is 0 Å². The van der Waals surface area contributed by atoms with Gasteiger partial charge in [0.2, 0.25) is 5.91 Å². The number of nitrogens with zero attached hydrogens (tertiary/aromatic N) is 1. The van der Waals surface area contributed by atoms with E-state index in [2.05, 4.69) is 5.43 Å². The van der Waals surface area contributed by atoms with Gasteiger partial charge in [-0.1, -0.05) is 0 Å². The van der Waals surface area contributed by atoms with Crippen molar-refractivity contribution in [2.45, 2.75) is 32.8 Å². The number of nitrogens with two attached hydrogens (primary N) is 1. The van der Waals surface area contributed by atoms with Gasteiger partial charge in [-0.15, -0.1) is 0 Å². The third-order valence-corrected chi connectivity index (χ3v) is 2.12. The highest BCUT2D eigenvalue weighted by Gasteiger charge is 2.30. The van der Waals surface area contributed by atoms with Crippen LogP contribution >= 0.6 is 0 Å². The number of amides is 2. The molecule has 1 saturated heterocycles. The standard InChI is InChI=1S/C10H19N3O3/c1-10(2,3)16-9(15)13-6-7(5-11)4-8(14)12-13/h7H,4-6,11H2,1-3H3,(H,12,14). The van der Waals surface area contributed by atoms with Crippen molar-refractivity contribution in [2.75, 3.05) is 13.1 Å². The molecule has 0 saturated carbocycles. The summed E-state index contributed by atoms with van der Waals surface area (Å²) in [7, 11) is 0.